The van der Waals surface area contributed by atoms with Crippen LogP contribution < -0.4 is 4.42 Å². The maximum atomic E-state index is 9.88. The highest BCUT2D eigenvalue weighted by molar-refractivity contribution is 6.36. The van der Waals surface area contributed by atoms with E-state index in [2.05, 4.69) is 5.18 Å². The Bertz CT molecular complexity index is 280. The molecule has 0 fully saturated rings. The summed E-state index contributed by atoms with van der Waals surface area (Å²) < 4.78 is 1.16. The van der Waals surface area contributed by atoms with Crippen molar-refractivity contribution in [3.63, 3.8) is 0 Å². The molecule has 5 heteroatoms. The first-order valence-corrected chi connectivity index (χ1v) is 3.94. The summed E-state index contributed by atoms with van der Waals surface area (Å²) in [6, 6.07) is 6.96. The van der Waals surface area contributed by atoms with E-state index in [1.54, 1.807) is 24.3 Å². The Hall–Kier alpha value is -0.800. The summed E-state index contributed by atoms with van der Waals surface area (Å²) in [6.45, 7) is -0.120. The zero-order valence-corrected chi connectivity index (χ0v) is 7.59. The maximum absolute atomic E-state index is 9.88. The predicted octanol–water partition coefficient (Wildman–Crippen LogP) is 3.02. The highest BCUT2D eigenvalue weighted by atomic mass is 35.5. The van der Waals surface area contributed by atoms with Crippen molar-refractivity contribution in [3.8, 4) is 0 Å². The van der Waals surface area contributed by atoms with Crippen molar-refractivity contribution in [2.24, 2.45) is 5.18 Å². The normalized spacial score (nSPS) is 9.50. The van der Waals surface area contributed by atoms with Crippen LogP contribution in [0.15, 0.2) is 29.4 Å². The largest absolute Gasteiger partial charge is 0.259 e. The van der Waals surface area contributed by atoms with E-state index in [0.717, 1.165) is 4.42 Å². The maximum Gasteiger partial charge on any atom is 0.167 e. The van der Waals surface area contributed by atoms with Crippen LogP contribution in [-0.4, -0.2) is 6.67 Å². The summed E-state index contributed by atoms with van der Waals surface area (Å²) in [7, 11) is 0. The second-order valence-electron chi connectivity index (χ2n) is 2.08. The summed E-state index contributed by atoms with van der Waals surface area (Å²) >= 11 is 11.5. The Balaban J connectivity index is 2.86. The highest BCUT2D eigenvalue weighted by Crippen LogP contribution is 2.26. The molecule has 64 valence electrons. The fourth-order valence-electron chi connectivity index (χ4n) is 0.775. The van der Waals surface area contributed by atoms with Gasteiger partial charge in [-0.15, -0.1) is 4.91 Å². The molecule has 0 aromatic heterocycles. The molecule has 0 saturated heterocycles. The van der Waals surface area contributed by atoms with Crippen molar-refractivity contribution >= 4 is 29.1 Å². The molecule has 0 aliphatic heterocycles. The molecular weight excluding hydrogens is 199 g/mol. The number of nitrogens with zero attached hydrogens (tertiary/aromatic N) is 2. The molecule has 0 atom stereocenters. The van der Waals surface area contributed by atoms with Gasteiger partial charge in [0.15, 0.2) is 6.67 Å². The van der Waals surface area contributed by atoms with Gasteiger partial charge in [0.2, 0.25) is 0 Å². The Kier molecular flexibility index (Phi) is 3.31. The standard InChI is InChI=1S/C7H6Cl2N2O/c8-6-3-1-2-4-7(6)11(9)5-10-12/h1-4H,5H2. The number of rotatable bonds is 3. The molecule has 0 bridgehead atoms. The summed E-state index contributed by atoms with van der Waals surface area (Å²) in [4.78, 5) is 9.88. The van der Waals surface area contributed by atoms with Crippen LogP contribution >= 0.6 is 23.4 Å². The van der Waals surface area contributed by atoms with Gasteiger partial charge in [0.05, 0.1) is 10.7 Å². The SMILES string of the molecule is O=NCN(Cl)c1ccccc1Cl. The number of halogens is 2. The molecule has 0 radical (unpaired) electrons. The minimum absolute atomic E-state index is 0.120. The molecule has 0 unspecified atom stereocenters. The fourth-order valence-corrected chi connectivity index (χ4v) is 1.25. The molecule has 3 nitrogen and oxygen atoms in total. The van der Waals surface area contributed by atoms with Crippen LogP contribution in [-0.2, 0) is 0 Å². The van der Waals surface area contributed by atoms with E-state index in [0.29, 0.717) is 10.7 Å². The molecule has 1 aromatic rings. The first kappa shape index (κ1) is 9.29. The lowest BCUT2D eigenvalue weighted by Gasteiger charge is -2.12. The fraction of sp³-hybridized carbons (Fsp3) is 0.143. The van der Waals surface area contributed by atoms with Crippen molar-refractivity contribution in [2.45, 2.75) is 0 Å². The van der Waals surface area contributed by atoms with Gasteiger partial charge in [-0.25, -0.2) is 0 Å². The zero-order chi connectivity index (χ0) is 8.97. The average molecular weight is 205 g/mol. The number of hydrogen-bond acceptors (Lipinski definition) is 3. The summed E-state index contributed by atoms with van der Waals surface area (Å²) in [5, 5.41) is 3.13. The number of nitroso groups, excluding NO2 is 1. The van der Waals surface area contributed by atoms with Gasteiger partial charge in [-0.2, -0.15) is 0 Å². The van der Waals surface area contributed by atoms with E-state index in [-0.39, 0.29) is 6.67 Å². The van der Waals surface area contributed by atoms with Gasteiger partial charge < -0.3 is 0 Å². The molecule has 0 aliphatic rings. The Labute approximate surface area is 80.0 Å². The van der Waals surface area contributed by atoms with E-state index >= 15 is 0 Å². The molecule has 0 aliphatic carbocycles. The lowest BCUT2D eigenvalue weighted by molar-refractivity contribution is 1.04. The topological polar surface area (TPSA) is 32.7 Å². The predicted molar refractivity (Wildman–Crippen MR) is 50.4 cm³/mol. The minimum Gasteiger partial charge on any atom is -0.259 e. The molecule has 0 heterocycles. The van der Waals surface area contributed by atoms with Crippen molar-refractivity contribution in [1.29, 1.82) is 0 Å². The molecule has 0 spiro atoms. The summed E-state index contributed by atoms with van der Waals surface area (Å²) in [5.74, 6) is 0. The van der Waals surface area contributed by atoms with Gasteiger partial charge in [0, 0.05) is 11.8 Å². The number of anilines is 1. The first-order chi connectivity index (χ1) is 5.75. The van der Waals surface area contributed by atoms with Crippen molar-refractivity contribution in [1.82, 2.24) is 0 Å². The van der Waals surface area contributed by atoms with Gasteiger partial charge in [-0.05, 0) is 17.3 Å². The second-order valence-corrected chi connectivity index (χ2v) is 2.90. The van der Waals surface area contributed by atoms with Gasteiger partial charge in [-0.1, -0.05) is 23.7 Å². The van der Waals surface area contributed by atoms with E-state index in [1.165, 1.54) is 0 Å². The van der Waals surface area contributed by atoms with E-state index in [1.807, 2.05) is 0 Å². The monoisotopic (exact) mass is 204 g/mol. The highest BCUT2D eigenvalue weighted by Gasteiger charge is 2.05. The van der Waals surface area contributed by atoms with Crippen LogP contribution in [0.2, 0.25) is 5.02 Å². The van der Waals surface area contributed by atoms with Crippen LogP contribution in [0.1, 0.15) is 0 Å². The number of para-hydroxylation sites is 1. The smallest absolute Gasteiger partial charge is 0.167 e. The number of hydrogen-bond donors (Lipinski definition) is 0. The van der Waals surface area contributed by atoms with E-state index < -0.39 is 0 Å². The zero-order valence-electron chi connectivity index (χ0n) is 6.08. The van der Waals surface area contributed by atoms with Crippen molar-refractivity contribution < 1.29 is 0 Å². The van der Waals surface area contributed by atoms with Gasteiger partial charge in [0.1, 0.15) is 0 Å². The first-order valence-electron chi connectivity index (χ1n) is 3.22. The van der Waals surface area contributed by atoms with Gasteiger partial charge in [0.25, 0.3) is 0 Å². The third-order valence-electron chi connectivity index (χ3n) is 1.30. The second kappa shape index (κ2) is 4.28. The molecule has 12 heavy (non-hydrogen) atoms. The van der Waals surface area contributed by atoms with Gasteiger partial charge >= 0.3 is 0 Å². The van der Waals surface area contributed by atoms with E-state index in [9.17, 15) is 4.91 Å². The minimum atomic E-state index is -0.120. The molecule has 1 aromatic carbocycles. The quantitative estimate of drug-likeness (QED) is 0.561. The average Bonchev–Trinajstić information content (AvgIpc) is 2.05. The number of benzene rings is 1. The molecule has 0 saturated carbocycles. The Morgan fingerprint density at radius 3 is 2.67 bits per heavy atom. The van der Waals surface area contributed by atoms with Crippen LogP contribution in [0.5, 0.6) is 0 Å². The third kappa shape index (κ3) is 2.09. The van der Waals surface area contributed by atoms with E-state index in [4.69, 9.17) is 23.4 Å². The Morgan fingerprint density at radius 2 is 2.08 bits per heavy atom. The van der Waals surface area contributed by atoms with Gasteiger partial charge in [-0.3, -0.25) is 4.42 Å². The third-order valence-corrected chi connectivity index (χ3v) is 1.90. The summed E-state index contributed by atoms with van der Waals surface area (Å²) in [5.41, 5.74) is 0.584. The Morgan fingerprint density at radius 1 is 1.42 bits per heavy atom. The lowest BCUT2D eigenvalue weighted by atomic mass is 10.3. The van der Waals surface area contributed by atoms with Crippen molar-refractivity contribution in [3.05, 3.63) is 34.2 Å². The van der Waals surface area contributed by atoms with Crippen LogP contribution in [0.25, 0.3) is 0 Å². The molecular formula is C7H6Cl2N2O. The molecule has 1 rings (SSSR count). The van der Waals surface area contributed by atoms with Crippen LogP contribution in [0.4, 0.5) is 5.69 Å². The van der Waals surface area contributed by atoms with Crippen LogP contribution in [0, 0.1) is 4.91 Å². The van der Waals surface area contributed by atoms with Crippen LogP contribution in [0.3, 0.4) is 0 Å². The summed E-state index contributed by atoms with van der Waals surface area (Å²) in [6.07, 6.45) is 0. The van der Waals surface area contributed by atoms with Crippen molar-refractivity contribution in [2.75, 3.05) is 11.1 Å². The lowest BCUT2D eigenvalue weighted by Crippen LogP contribution is -2.09. The molecule has 0 N–H and O–H groups in total. The molecule has 0 amide bonds.